The summed E-state index contributed by atoms with van der Waals surface area (Å²) in [7, 11) is 0. The van der Waals surface area contributed by atoms with Crippen molar-refractivity contribution in [1.29, 1.82) is 0 Å². The number of nitrogens with zero attached hydrogens (tertiary/aromatic N) is 1. The zero-order chi connectivity index (χ0) is 17.2. The van der Waals surface area contributed by atoms with Crippen LogP contribution < -0.4 is 14.8 Å². The average Bonchev–Trinajstić information content (AvgIpc) is 3.34. The highest BCUT2D eigenvalue weighted by Crippen LogP contribution is 2.32. The monoisotopic (exact) mass is 342 g/mol. The lowest BCUT2D eigenvalue weighted by atomic mass is 10.1. The van der Waals surface area contributed by atoms with E-state index in [1.54, 1.807) is 17.2 Å². The van der Waals surface area contributed by atoms with E-state index in [1.165, 1.54) is 0 Å². The van der Waals surface area contributed by atoms with Gasteiger partial charge in [-0.3, -0.25) is 9.59 Å². The predicted octanol–water partition coefficient (Wildman–Crippen LogP) is 1.67. The number of benzene rings is 1. The topological polar surface area (TPSA) is 81.0 Å². The van der Waals surface area contributed by atoms with Gasteiger partial charge in [0.1, 0.15) is 5.76 Å². The lowest BCUT2D eigenvalue weighted by Crippen LogP contribution is -2.32. The summed E-state index contributed by atoms with van der Waals surface area (Å²) in [5.41, 5.74) is 0.925. The highest BCUT2D eigenvalue weighted by atomic mass is 16.7. The second kappa shape index (κ2) is 6.51. The zero-order valence-corrected chi connectivity index (χ0v) is 13.6. The van der Waals surface area contributed by atoms with Gasteiger partial charge < -0.3 is 24.1 Å². The van der Waals surface area contributed by atoms with E-state index < -0.39 is 0 Å². The van der Waals surface area contributed by atoms with Crippen LogP contribution in [0.25, 0.3) is 0 Å². The molecule has 0 bridgehead atoms. The van der Waals surface area contributed by atoms with E-state index >= 15 is 0 Å². The largest absolute Gasteiger partial charge is 0.467 e. The molecule has 3 heterocycles. The molecule has 1 fully saturated rings. The molecule has 25 heavy (non-hydrogen) atoms. The lowest BCUT2D eigenvalue weighted by Gasteiger charge is -2.15. The molecule has 7 heteroatoms. The number of hydrogen-bond donors (Lipinski definition) is 1. The third-order valence-corrected chi connectivity index (χ3v) is 4.42. The second-order valence-corrected chi connectivity index (χ2v) is 6.16. The molecule has 0 saturated carbocycles. The molecule has 0 radical (unpaired) electrons. The minimum absolute atomic E-state index is 0.0281. The van der Waals surface area contributed by atoms with Crippen molar-refractivity contribution in [3.63, 3.8) is 0 Å². The van der Waals surface area contributed by atoms with E-state index in [0.29, 0.717) is 31.1 Å². The van der Waals surface area contributed by atoms with E-state index in [-0.39, 0.29) is 30.9 Å². The molecule has 2 aromatic rings. The van der Waals surface area contributed by atoms with Gasteiger partial charge in [-0.05, 0) is 29.8 Å². The van der Waals surface area contributed by atoms with Crippen LogP contribution in [0.3, 0.4) is 0 Å². The molecule has 1 aromatic heterocycles. The fraction of sp³-hybridized carbons (Fsp3) is 0.333. The molecule has 1 atom stereocenters. The first-order valence-electron chi connectivity index (χ1n) is 8.15. The Morgan fingerprint density at radius 3 is 2.96 bits per heavy atom. The summed E-state index contributed by atoms with van der Waals surface area (Å²) in [6, 6.07) is 9.17. The van der Waals surface area contributed by atoms with Gasteiger partial charge in [-0.2, -0.15) is 0 Å². The summed E-state index contributed by atoms with van der Waals surface area (Å²) >= 11 is 0. The third-order valence-electron chi connectivity index (χ3n) is 4.42. The number of nitrogens with one attached hydrogen (secondary N) is 1. The molecule has 1 N–H and O–H groups in total. The van der Waals surface area contributed by atoms with Crippen molar-refractivity contribution >= 4 is 11.8 Å². The number of fused-ring (bicyclic) bond motifs is 1. The summed E-state index contributed by atoms with van der Waals surface area (Å²) in [6.07, 6.45) is 1.80. The molecular weight excluding hydrogens is 324 g/mol. The molecule has 2 amide bonds. The molecule has 2 aliphatic heterocycles. The Morgan fingerprint density at radius 2 is 2.12 bits per heavy atom. The quantitative estimate of drug-likeness (QED) is 0.894. The Labute approximate surface area is 144 Å². The van der Waals surface area contributed by atoms with Crippen molar-refractivity contribution in [3.8, 4) is 11.5 Å². The van der Waals surface area contributed by atoms with Crippen LogP contribution in [-0.2, 0) is 22.7 Å². The standard InChI is InChI=1S/C18H18N2O5/c21-17-7-13(9-20(17)10-14-2-1-5-23-14)18(22)19-8-12-3-4-15-16(6-12)25-11-24-15/h1-6,13H,7-11H2,(H,19,22)/t13-/m1/s1. The number of carbonyl (C=O) groups excluding carboxylic acids is 2. The number of carbonyl (C=O) groups is 2. The zero-order valence-electron chi connectivity index (χ0n) is 13.6. The van der Waals surface area contributed by atoms with E-state index in [0.717, 1.165) is 11.3 Å². The summed E-state index contributed by atoms with van der Waals surface area (Å²) in [5, 5.41) is 2.89. The number of furan rings is 1. The van der Waals surface area contributed by atoms with Gasteiger partial charge in [-0.1, -0.05) is 6.07 Å². The summed E-state index contributed by atoms with van der Waals surface area (Å²) in [5.74, 6) is 1.64. The Morgan fingerprint density at radius 1 is 1.24 bits per heavy atom. The van der Waals surface area contributed by atoms with Crippen LogP contribution in [-0.4, -0.2) is 30.1 Å². The maximum Gasteiger partial charge on any atom is 0.231 e. The van der Waals surface area contributed by atoms with Crippen molar-refractivity contribution in [2.24, 2.45) is 5.92 Å². The summed E-state index contributed by atoms with van der Waals surface area (Å²) in [4.78, 5) is 26.1. The first-order valence-corrected chi connectivity index (χ1v) is 8.15. The molecule has 0 spiro atoms. The van der Waals surface area contributed by atoms with E-state index in [4.69, 9.17) is 13.9 Å². The number of rotatable bonds is 5. The SMILES string of the molecule is O=C(NCc1ccc2c(c1)OCO2)[C@@H]1CC(=O)N(Cc2ccco2)C1. The minimum atomic E-state index is -0.337. The summed E-state index contributed by atoms with van der Waals surface area (Å²) < 4.78 is 15.9. The molecule has 1 saturated heterocycles. The fourth-order valence-corrected chi connectivity index (χ4v) is 3.08. The Hall–Kier alpha value is -2.96. The molecule has 130 valence electrons. The van der Waals surface area contributed by atoms with Crippen LogP contribution in [0.2, 0.25) is 0 Å². The Kier molecular flexibility index (Phi) is 4.05. The van der Waals surface area contributed by atoms with Crippen molar-refractivity contribution in [1.82, 2.24) is 10.2 Å². The maximum atomic E-state index is 12.4. The van der Waals surface area contributed by atoms with Gasteiger partial charge in [-0.25, -0.2) is 0 Å². The Bertz CT molecular complexity index is 787. The minimum Gasteiger partial charge on any atom is -0.467 e. The van der Waals surface area contributed by atoms with Gasteiger partial charge in [0.15, 0.2) is 11.5 Å². The third kappa shape index (κ3) is 3.31. The highest BCUT2D eigenvalue weighted by Gasteiger charge is 2.34. The van der Waals surface area contributed by atoms with Gasteiger partial charge in [-0.15, -0.1) is 0 Å². The maximum absolute atomic E-state index is 12.4. The number of ether oxygens (including phenoxy) is 2. The fourth-order valence-electron chi connectivity index (χ4n) is 3.08. The van der Waals surface area contributed by atoms with Crippen LogP contribution >= 0.6 is 0 Å². The van der Waals surface area contributed by atoms with E-state index in [1.807, 2.05) is 24.3 Å². The van der Waals surface area contributed by atoms with Crippen molar-refractivity contribution in [2.75, 3.05) is 13.3 Å². The number of likely N-dealkylation sites (tertiary alicyclic amines) is 1. The van der Waals surface area contributed by atoms with Crippen LogP contribution in [0, 0.1) is 5.92 Å². The van der Waals surface area contributed by atoms with Crippen LogP contribution in [0.15, 0.2) is 41.0 Å². The number of amides is 2. The lowest BCUT2D eigenvalue weighted by molar-refractivity contribution is -0.129. The molecule has 1 aromatic carbocycles. The first-order chi connectivity index (χ1) is 12.2. The molecule has 0 aliphatic carbocycles. The normalized spacial score (nSPS) is 18.6. The van der Waals surface area contributed by atoms with E-state index in [9.17, 15) is 9.59 Å². The van der Waals surface area contributed by atoms with Crippen molar-refractivity contribution < 1.29 is 23.5 Å². The molecule has 7 nitrogen and oxygen atoms in total. The first kappa shape index (κ1) is 15.6. The number of hydrogen-bond acceptors (Lipinski definition) is 5. The average molecular weight is 342 g/mol. The molecule has 2 aliphatic rings. The van der Waals surface area contributed by atoms with Gasteiger partial charge >= 0.3 is 0 Å². The summed E-state index contributed by atoms with van der Waals surface area (Å²) in [6.45, 7) is 1.42. The van der Waals surface area contributed by atoms with Gasteiger partial charge in [0.25, 0.3) is 0 Å². The van der Waals surface area contributed by atoms with Gasteiger partial charge in [0.05, 0.1) is 18.7 Å². The van der Waals surface area contributed by atoms with Crippen LogP contribution in [0.4, 0.5) is 0 Å². The smallest absolute Gasteiger partial charge is 0.231 e. The van der Waals surface area contributed by atoms with Crippen LogP contribution in [0.1, 0.15) is 17.7 Å². The van der Waals surface area contributed by atoms with Gasteiger partial charge in [0, 0.05) is 19.5 Å². The predicted molar refractivity (Wildman–Crippen MR) is 86.6 cm³/mol. The second-order valence-electron chi connectivity index (χ2n) is 6.16. The highest BCUT2D eigenvalue weighted by molar-refractivity contribution is 5.89. The molecule has 0 unspecified atom stereocenters. The Balaban J connectivity index is 1.31. The van der Waals surface area contributed by atoms with Crippen molar-refractivity contribution in [2.45, 2.75) is 19.5 Å². The molecule has 4 rings (SSSR count). The van der Waals surface area contributed by atoms with Gasteiger partial charge in [0.2, 0.25) is 18.6 Å². The van der Waals surface area contributed by atoms with Crippen LogP contribution in [0.5, 0.6) is 11.5 Å². The van der Waals surface area contributed by atoms with E-state index in [2.05, 4.69) is 5.32 Å². The van der Waals surface area contributed by atoms with Crippen molar-refractivity contribution in [3.05, 3.63) is 47.9 Å². The molecular formula is C18H18N2O5.